The molecule has 0 aliphatic rings. The lowest BCUT2D eigenvalue weighted by Gasteiger charge is -2.06. The highest BCUT2D eigenvalue weighted by molar-refractivity contribution is 5.64. The monoisotopic (exact) mass is 212 g/mol. The molecule has 0 fully saturated rings. The van der Waals surface area contributed by atoms with Crippen LogP contribution in [0, 0.1) is 6.92 Å². The van der Waals surface area contributed by atoms with Gasteiger partial charge in [-0.05, 0) is 26.0 Å². The Morgan fingerprint density at radius 2 is 1.88 bits per heavy atom. The minimum atomic E-state index is 0.928. The van der Waals surface area contributed by atoms with Gasteiger partial charge in [-0.25, -0.2) is 0 Å². The molecule has 16 heavy (non-hydrogen) atoms. The molecule has 0 aliphatic carbocycles. The SMILES string of the molecule is CCNc1ccnc(-c2ccc(C)cc2)c1. The predicted molar refractivity (Wildman–Crippen MR) is 68.6 cm³/mol. The van der Waals surface area contributed by atoms with Crippen molar-refractivity contribution in [1.82, 2.24) is 4.98 Å². The number of pyridine rings is 1. The largest absolute Gasteiger partial charge is 0.385 e. The van der Waals surface area contributed by atoms with Crippen LogP contribution >= 0.6 is 0 Å². The molecule has 2 heteroatoms. The fraction of sp³-hybridized carbons (Fsp3) is 0.214. The normalized spacial score (nSPS) is 10.1. The highest BCUT2D eigenvalue weighted by atomic mass is 14.9. The molecule has 0 spiro atoms. The number of aromatic nitrogens is 1. The summed E-state index contributed by atoms with van der Waals surface area (Å²) in [7, 11) is 0. The molecule has 0 amide bonds. The number of hydrogen-bond donors (Lipinski definition) is 1. The maximum Gasteiger partial charge on any atom is 0.0722 e. The van der Waals surface area contributed by atoms with E-state index in [9.17, 15) is 0 Å². The zero-order chi connectivity index (χ0) is 11.4. The Labute approximate surface area is 96.4 Å². The van der Waals surface area contributed by atoms with Gasteiger partial charge in [0, 0.05) is 24.0 Å². The second-order valence-electron chi connectivity index (χ2n) is 3.83. The van der Waals surface area contributed by atoms with E-state index in [1.165, 1.54) is 5.56 Å². The molecule has 0 saturated carbocycles. The van der Waals surface area contributed by atoms with Crippen molar-refractivity contribution in [2.75, 3.05) is 11.9 Å². The summed E-state index contributed by atoms with van der Waals surface area (Å²) in [5.74, 6) is 0. The van der Waals surface area contributed by atoms with Crippen molar-refractivity contribution in [3.63, 3.8) is 0 Å². The first-order chi connectivity index (χ1) is 7.79. The van der Waals surface area contributed by atoms with E-state index in [4.69, 9.17) is 0 Å². The van der Waals surface area contributed by atoms with Crippen LogP contribution in [0.2, 0.25) is 0 Å². The van der Waals surface area contributed by atoms with Crippen molar-refractivity contribution in [2.45, 2.75) is 13.8 Å². The summed E-state index contributed by atoms with van der Waals surface area (Å²) in [6.07, 6.45) is 1.84. The van der Waals surface area contributed by atoms with Crippen LogP contribution in [-0.2, 0) is 0 Å². The molecule has 0 aliphatic heterocycles. The third-order valence-corrected chi connectivity index (χ3v) is 2.49. The summed E-state index contributed by atoms with van der Waals surface area (Å²) in [5.41, 5.74) is 4.56. The van der Waals surface area contributed by atoms with Gasteiger partial charge in [-0.2, -0.15) is 0 Å². The molecule has 0 bridgehead atoms. The Morgan fingerprint density at radius 3 is 2.56 bits per heavy atom. The number of benzene rings is 1. The fourth-order valence-electron chi connectivity index (χ4n) is 1.63. The lowest BCUT2D eigenvalue weighted by atomic mass is 10.1. The summed E-state index contributed by atoms with van der Waals surface area (Å²) in [6.45, 7) is 5.11. The molecule has 82 valence electrons. The highest BCUT2D eigenvalue weighted by Gasteiger charge is 1.99. The first-order valence-corrected chi connectivity index (χ1v) is 5.56. The smallest absolute Gasteiger partial charge is 0.0722 e. The maximum absolute atomic E-state index is 4.38. The lowest BCUT2D eigenvalue weighted by molar-refractivity contribution is 1.20. The average molecular weight is 212 g/mol. The average Bonchev–Trinajstić information content (AvgIpc) is 2.31. The fourth-order valence-corrected chi connectivity index (χ4v) is 1.63. The number of hydrogen-bond acceptors (Lipinski definition) is 2. The van der Waals surface area contributed by atoms with Crippen LogP contribution in [0.15, 0.2) is 42.6 Å². The van der Waals surface area contributed by atoms with E-state index in [1.807, 2.05) is 12.3 Å². The Balaban J connectivity index is 2.32. The van der Waals surface area contributed by atoms with Gasteiger partial charge in [0.1, 0.15) is 0 Å². The first kappa shape index (κ1) is 10.7. The minimum Gasteiger partial charge on any atom is -0.385 e. The van der Waals surface area contributed by atoms with Gasteiger partial charge in [-0.3, -0.25) is 4.98 Å². The van der Waals surface area contributed by atoms with E-state index in [0.717, 1.165) is 23.5 Å². The predicted octanol–water partition coefficient (Wildman–Crippen LogP) is 3.49. The molecule has 1 heterocycles. The Kier molecular flexibility index (Phi) is 3.20. The van der Waals surface area contributed by atoms with Gasteiger partial charge in [-0.1, -0.05) is 29.8 Å². The molecular weight excluding hydrogens is 196 g/mol. The molecule has 1 aromatic heterocycles. The Bertz CT molecular complexity index is 460. The summed E-state index contributed by atoms with van der Waals surface area (Å²) in [6, 6.07) is 12.5. The molecule has 1 N–H and O–H groups in total. The number of aryl methyl sites for hydroxylation is 1. The summed E-state index contributed by atoms with van der Waals surface area (Å²) in [5, 5.41) is 3.29. The van der Waals surface area contributed by atoms with Crippen molar-refractivity contribution in [2.24, 2.45) is 0 Å². The number of rotatable bonds is 3. The van der Waals surface area contributed by atoms with E-state index in [1.54, 1.807) is 0 Å². The molecule has 0 radical (unpaired) electrons. The van der Waals surface area contributed by atoms with Crippen molar-refractivity contribution >= 4 is 5.69 Å². The van der Waals surface area contributed by atoms with Crippen molar-refractivity contribution in [1.29, 1.82) is 0 Å². The number of nitrogens with one attached hydrogen (secondary N) is 1. The Morgan fingerprint density at radius 1 is 1.12 bits per heavy atom. The summed E-state index contributed by atoms with van der Waals surface area (Å²) < 4.78 is 0. The van der Waals surface area contributed by atoms with Crippen LogP contribution < -0.4 is 5.32 Å². The van der Waals surface area contributed by atoms with E-state index < -0.39 is 0 Å². The van der Waals surface area contributed by atoms with E-state index in [2.05, 4.69) is 54.5 Å². The molecule has 2 aromatic rings. The molecular formula is C14H16N2. The van der Waals surface area contributed by atoms with Crippen molar-refractivity contribution in [3.8, 4) is 11.3 Å². The maximum atomic E-state index is 4.38. The highest BCUT2D eigenvalue weighted by Crippen LogP contribution is 2.20. The van der Waals surface area contributed by atoms with Crippen molar-refractivity contribution < 1.29 is 0 Å². The van der Waals surface area contributed by atoms with Crippen molar-refractivity contribution in [3.05, 3.63) is 48.2 Å². The zero-order valence-corrected chi connectivity index (χ0v) is 9.70. The molecule has 0 saturated heterocycles. The second kappa shape index (κ2) is 4.79. The standard InChI is InChI=1S/C14H16N2/c1-3-15-13-8-9-16-14(10-13)12-6-4-11(2)5-7-12/h4-10H,3H2,1-2H3,(H,15,16). The molecule has 2 rings (SSSR count). The van der Waals surface area contributed by atoms with Gasteiger partial charge >= 0.3 is 0 Å². The van der Waals surface area contributed by atoms with Gasteiger partial charge < -0.3 is 5.32 Å². The summed E-state index contributed by atoms with van der Waals surface area (Å²) in [4.78, 5) is 4.38. The van der Waals surface area contributed by atoms with Gasteiger partial charge in [-0.15, -0.1) is 0 Å². The van der Waals surface area contributed by atoms with E-state index in [-0.39, 0.29) is 0 Å². The van der Waals surface area contributed by atoms with Crippen LogP contribution in [0.3, 0.4) is 0 Å². The zero-order valence-electron chi connectivity index (χ0n) is 9.70. The quantitative estimate of drug-likeness (QED) is 0.842. The van der Waals surface area contributed by atoms with Crippen LogP contribution in [0.4, 0.5) is 5.69 Å². The van der Waals surface area contributed by atoms with E-state index >= 15 is 0 Å². The minimum absolute atomic E-state index is 0.928. The lowest BCUT2D eigenvalue weighted by Crippen LogP contribution is -1.96. The van der Waals surface area contributed by atoms with Crippen LogP contribution in [0.5, 0.6) is 0 Å². The molecule has 0 unspecified atom stereocenters. The Hall–Kier alpha value is -1.83. The third-order valence-electron chi connectivity index (χ3n) is 2.49. The first-order valence-electron chi connectivity index (χ1n) is 5.56. The van der Waals surface area contributed by atoms with Crippen LogP contribution in [0.25, 0.3) is 11.3 Å². The van der Waals surface area contributed by atoms with E-state index in [0.29, 0.717) is 0 Å². The van der Waals surface area contributed by atoms with Gasteiger partial charge in [0.05, 0.1) is 5.69 Å². The van der Waals surface area contributed by atoms with Gasteiger partial charge in [0.25, 0.3) is 0 Å². The topological polar surface area (TPSA) is 24.9 Å². The molecule has 1 aromatic carbocycles. The van der Waals surface area contributed by atoms with Gasteiger partial charge in [0.2, 0.25) is 0 Å². The summed E-state index contributed by atoms with van der Waals surface area (Å²) >= 11 is 0. The van der Waals surface area contributed by atoms with Crippen LogP contribution in [0.1, 0.15) is 12.5 Å². The van der Waals surface area contributed by atoms with Crippen LogP contribution in [-0.4, -0.2) is 11.5 Å². The number of anilines is 1. The van der Waals surface area contributed by atoms with Gasteiger partial charge in [0.15, 0.2) is 0 Å². The third kappa shape index (κ3) is 2.40. The molecule has 2 nitrogen and oxygen atoms in total. The second-order valence-corrected chi connectivity index (χ2v) is 3.83. The molecule has 0 atom stereocenters. The number of nitrogens with zero attached hydrogens (tertiary/aromatic N) is 1.